The summed E-state index contributed by atoms with van der Waals surface area (Å²) in [4.78, 5) is 25.8. The van der Waals surface area contributed by atoms with Gasteiger partial charge in [0, 0.05) is 36.6 Å². The molecule has 0 aliphatic carbocycles. The van der Waals surface area contributed by atoms with Gasteiger partial charge in [-0.05, 0) is 38.3 Å². The molecule has 0 spiro atoms. The van der Waals surface area contributed by atoms with Crippen LogP contribution in [0.4, 0.5) is 39.3 Å². The van der Waals surface area contributed by atoms with E-state index >= 15 is 4.39 Å². The first-order chi connectivity index (χ1) is 22.9. The van der Waals surface area contributed by atoms with E-state index < -0.39 is 57.4 Å². The standard InChI is InChI=1S/C31H32F5N9O3/c1-14-21(31(34,35)36)18(11-19(37)22(14)32)25-23(33)26-20-28(43-30(42-26)48-13-17-4-3-16-12-46-9-7-45(16)17)44(8-10-47-29(20)41-25)15(2)24-27(38)40-6-5-39-24/h5-6,11,15-17H,3-4,7-10,12-13,37H2,1-2H3,(H2,38,40)/t15-,16+,17+/m1/s1. The van der Waals surface area contributed by atoms with Gasteiger partial charge in [-0.1, -0.05) is 0 Å². The minimum Gasteiger partial charge on any atom is -0.475 e. The average molecular weight is 674 g/mol. The smallest absolute Gasteiger partial charge is 0.417 e. The lowest BCUT2D eigenvalue weighted by atomic mass is 9.96. The van der Waals surface area contributed by atoms with Gasteiger partial charge in [0.05, 0.1) is 37.1 Å². The maximum Gasteiger partial charge on any atom is 0.417 e. The quantitative estimate of drug-likeness (QED) is 0.220. The van der Waals surface area contributed by atoms with E-state index in [9.17, 15) is 17.6 Å². The summed E-state index contributed by atoms with van der Waals surface area (Å²) in [6.07, 6.45) is -0.372. The van der Waals surface area contributed by atoms with E-state index in [0.717, 1.165) is 32.4 Å². The normalized spacial score (nSPS) is 20.4. The Bertz CT molecular complexity index is 1900. The van der Waals surface area contributed by atoms with Gasteiger partial charge >= 0.3 is 12.2 Å². The van der Waals surface area contributed by atoms with Crippen molar-refractivity contribution in [3.63, 3.8) is 0 Å². The van der Waals surface area contributed by atoms with Gasteiger partial charge < -0.3 is 30.6 Å². The van der Waals surface area contributed by atoms with E-state index in [2.05, 4.69) is 29.8 Å². The number of anilines is 3. The Morgan fingerprint density at radius 2 is 1.83 bits per heavy atom. The minimum absolute atomic E-state index is 0.00452. The summed E-state index contributed by atoms with van der Waals surface area (Å²) < 4.78 is 92.1. The first-order valence-corrected chi connectivity index (χ1v) is 15.4. The summed E-state index contributed by atoms with van der Waals surface area (Å²) in [6, 6.07) is 0.247. The second-order valence-electron chi connectivity index (χ2n) is 12.0. The number of ether oxygens (including phenoxy) is 3. The number of rotatable bonds is 6. The topological polar surface area (TPSA) is 151 Å². The maximum absolute atomic E-state index is 16.7. The molecule has 4 N–H and O–H groups in total. The number of nitrogens with zero attached hydrogens (tertiary/aromatic N) is 7. The Balaban J connectivity index is 1.40. The van der Waals surface area contributed by atoms with Crippen LogP contribution in [0.5, 0.6) is 11.9 Å². The van der Waals surface area contributed by atoms with Crippen LogP contribution in [0, 0.1) is 18.6 Å². The molecule has 0 unspecified atom stereocenters. The van der Waals surface area contributed by atoms with E-state index in [1.807, 2.05) is 0 Å². The molecule has 48 heavy (non-hydrogen) atoms. The van der Waals surface area contributed by atoms with Crippen molar-refractivity contribution in [2.75, 3.05) is 55.9 Å². The van der Waals surface area contributed by atoms with Gasteiger partial charge in [-0.3, -0.25) is 9.88 Å². The molecule has 2 fully saturated rings. The molecule has 0 saturated carbocycles. The number of hydrogen-bond donors (Lipinski definition) is 2. The molecule has 17 heteroatoms. The van der Waals surface area contributed by atoms with Crippen molar-refractivity contribution in [2.45, 2.75) is 51.0 Å². The first-order valence-electron chi connectivity index (χ1n) is 15.4. The van der Waals surface area contributed by atoms with Gasteiger partial charge in [0.25, 0.3) is 0 Å². The summed E-state index contributed by atoms with van der Waals surface area (Å²) in [5.41, 5.74) is 7.58. The van der Waals surface area contributed by atoms with Crippen molar-refractivity contribution in [1.82, 2.24) is 29.8 Å². The SMILES string of the molecule is Cc1c(F)c(N)cc(-c2nc3c4c(nc(OC[C@@H]5CC[C@H]6COCCN65)nc4c2F)N([C@H](C)c2nccnc2N)CCO3)c1C(F)(F)F. The molecule has 4 aromatic rings. The molecule has 2 saturated heterocycles. The summed E-state index contributed by atoms with van der Waals surface area (Å²) in [6.45, 7) is 5.01. The number of aromatic nitrogens is 5. The predicted octanol–water partition coefficient (Wildman–Crippen LogP) is 4.45. The van der Waals surface area contributed by atoms with Crippen LogP contribution in [0.1, 0.15) is 42.6 Å². The molecule has 3 aliphatic heterocycles. The number of morpholine rings is 1. The fourth-order valence-electron chi connectivity index (χ4n) is 6.88. The first kappa shape index (κ1) is 31.9. The molecule has 3 atom stereocenters. The Labute approximate surface area is 271 Å². The molecule has 0 amide bonds. The van der Waals surface area contributed by atoms with Gasteiger partial charge in [-0.15, -0.1) is 0 Å². The Morgan fingerprint density at radius 1 is 1.04 bits per heavy atom. The van der Waals surface area contributed by atoms with Crippen molar-refractivity contribution in [3.8, 4) is 23.1 Å². The molecule has 0 radical (unpaired) electrons. The predicted molar refractivity (Wildman–Crippen MR) is 164 cm³/mol. The summed E-state index contributed by atoms with van der Waals surface area (Å²) in [7, 11) is 0. The van der Waals surface area contributed by atoms with Gasteiger partial charge in [0.15, 0.2) is 5.82 Å². The van der Waals surface area contributed by atoms with Crippen molar-refractivity contribution < 1.29 is 36.2 Å². The highest BCUT2D eigenvalue weighted by Gasteiger charge is 2.40. The highest BCUT2D eigenvalue weighted by atomic mass is 19.4. The zero-order valence-corrected chi connectivity index (χ0v) is 26.0. The van der Waals surface area contributed by atoms with E-state index in [0.29, 0.717) is 18.9 Å². The second kappa shape index (κ2) is 12.1. The zero-order valence-electron chi connectivity index (χ0n) is 26.0. The molecule has 6 heterocycles. The van der Waals surface area contributed by atoms with Crippen LogP contribution in [-0.4, -0.2) is 81.4 Å². The number of alkyl halides is 3. The Kier molecular flexibility index (Phi) is 8.06. The largest absolute Gasteiger partial charge is 0.475 e. The summed E-state index contributed by atoms with van der Waals surface area (Å²) in [5, 5.41) is 0.00452. The fraction of sp³-hybridized carbons (Fsp3) is 0.452. The van der Waals surface area contributed by atoms with Crippen molar-refractivity contribution >= 4 is 28.2 Å². The number of hydrogen-bond acceptors (Lipinski definition) is 12. The van der Waals surface area contributed by atoms with Crippen molar-refractivity contribution in [1.29, 1.82) is 0 Å². The lowest BCUT2D eigenvalue weighted by Crippen LogP contribution is -2.46. The van der Waals surface area contributed by atoms with Crippen LogP contribution in [0.25, 0.3) is 22.2 Å². The molecule has 3 aliphatic rings. The van der Waals surface area contributed by atoms with E-state index in [-0.39, 0.29) is 60.8 Å². The number of nitrogens with two attached hydrogens (primary N) is 2. The highest BCUT2D eigenvalue weighted by Crippen LogP contribution is 2.46. The molecule has 1 aromatic carbocycles. The van der Waals surface area contributed by atoms with Crippen LogP contribution >= 0.6 is 0 Å². The third-order valence-electron chi connectivity index (χ3n) is 9.22. The molecule has 7 rings (SSSR count). The monoisotopic (exact) mass is 673 g/mol. The summed E-state index contributed by atoms with van der Waals surface area (Å²) >= 11 is 0. The summed E-state index contributed by atoms with van der Waals surface area (Å²) in [5.74, 6) is -2.37. The molecular formula is C31H32F5N9O3. The second-order valence-corrected chi connectivity index (χ2v) is 12.0. The number of benzene rings is 1. The number of pyridine rings is 1. The van der Waals surface area contributed by atoms with Crippen molar-refractivity contribution in [2.24, 2.45) is 0 Å². The number of nitrogen functional groups attached to an aromatic ring is 2. The van der Waals surface area contributed by atoms with E-state index in [1.165, 1.54) is 12.4 Å². The van der Waals surface area contributed by atoms with Gasteiger partial charge in [-0.25, -0.2) is 18.7 Å². The van der Waals surface area contributed by atoms with Crippen LogP contribution < -0.4 is 25.8 Å². The van der Waals surface area contributed by atoms with Crippen LogP contribution in [0.3, 0.4) is 0 Å². The molecule has 254 valence electrons. The Morgan fingerprint density at radius 3 is 2.60 bits per heavy atom. The Hall–Kier alpha value is -4.64. The van der Waals surface area contributed by atoms with Crippen LogP contribution in [0.2, 0.25) is 0 Å². The van der Waals surface area contributed by atoms with Gasteiger partial charge in [-0.2, -0.15) is 23.1 Å². The average Bonchev–Trinajstić information content (AvgIpc) is 3.38. The highest BCUT2D eigenvalue weighted by molar-refractivity contribution is 5.97. The molecule has 12 nitrogen and oxygen atoms in total. The number of halogens is 5. The third-order valence-corrected chi connectivity index (χ3v) is 9.22. The lowest BCUT2D eigenvalue weighted by Gasteiger charge is -2.33. The number of fused-ring (bicyclic) bond motifs is 1. The maximum atomic E-state index is 16.7. The van der Waals surface area contributed by atoms with Crippen LogP contribution in [-0.2, 0) is 10.9 Å². The van der Waals surface area contributed by atoms with Gasteiger partial charge in [0.1, 0.15) is 53.0 Å². The molecular weight excluding hydrogens is 641 g/mol. The van der Waals surface area contributed by atoms with Crippen LogP contribution in [0.15, 0.2) is 18.5 Å². The zero-order chi connectivity index (χ0) is 33.9. The third kappa shape index (κ3) is 5.43. The minimum atomic E-state index is -5.07. The van der Waals surface area contributed by atoms with E-state index in [4.69, 9.17) is 25.7 Å². The molecule has 0 bridgehead atoms. The molecule has 3 aromatic heterocycles. The van der Waals surface area contributed by atoms with E-state index in [1.54, 1.807) is 11.8 Å². The van der Waals surface area contributed by atoms with Gasteiger partial charge in [0.2, 0.25) is 5.88 Å². The lowest BCUT2D eigenvalue weighted by molar-refractivity contribution is -0.137. The van der Waals surface area contributed by atoms with Crippen molar-refractivity contribution in [3.05, 3.63) is 46.9 Å². The fourth-order valence-corrected chi connectivity index (χ4v) is 6.88.